The van der Waals surface area contributed by atoms with Crippen molar-refractivity contribution >= 4 is 44.9 Å². The monoisotopic (exact) mass is 730 g/mol. The number of fused-ring (bicyclic) bond motifs is 21. The summed E-state index contributed by atoms with van der Waals surface area (Å²) in [5.74, 6) is -2.50. The van der Waals surface area contributed by atoms with Crippen molar-refractivity contribution in [3.63, 3.8) is 0 Å². The summed E-state index contributed by atoms with van der Waals surface area (Å²) in [5.41, 5.74) is 10.4. The zero-order valence-electron chi connectivity index (χ0n) is 29.3. The molecule has 0 aromatic carbocycles. The van der Waals surface area contributed by atoms with E-state index in [0.29, 0.717) is 52.2 Å². The summed E-state index contributed by atoms with van der Waals surface area (Å²) in [6.07, 6.45) is 2.44. The van der Waals surface area contributed by atoms with Crippen LogP contribution in [0.3, 0.4) is 0 Å². The number of nitrogens with zero attached hydrogens (tertiary/aromatic N) is 2. The van der Waals surface area contributed by atoms with Gasteiger partial charge in [0.2, 0.25) is 0 Å². The fourth-order valence-corrected chi connectivity index (χ4v) is 11.1. The molecule has 2 fully saturated rings. The fraction of sp³-hybridized carbons (Fsp3) is 0.429. The highest BCUT2D eigenvalue weighted by molar-refractivity contribution is 5.99. The lowest BCUT2D eigenvalue weighted by Gasteiger charge is -2.31. The number of rotatable bonds is 2. The van der Waals surface area contributed by atoms with Crippen molar-refractivity contribution < 1.29 is 40.9 Å². The maximum atomic E-state index is 11.4. The van der Waals surface area contributed by atoms with Crippen molar-refractivity contribution in [3.05, 3.63) is 94.1 Å². The molecule has 5 heterocycles. The minimum Gasteiger partial charge on any atom is -0.390 e. The SMILES string of the molecule is CC1C=CC(c2cc3cc4nc(cc5[nH]c(cc6nc(cc2[nH]3)C(C2C=CC(O)C2O)=C6)c2c5C3CC2C(O)C3O)C2=C4C3CC2C(O)C3O)C(O)C1O. The summed E-state index contributed by atoms with van der Waals surface area (Å²) in [6, 6.07) is 9.62. The number of H-pyrrole nitrogens is 2. The van der Waals surface area contributed by atoms with Crippen LogP contribution in [0.4, 0.5) is 0 Å². The third kappa shape index (κ3) is 4.42. The molecule has 278 valence electrons. The Labute approximate surface area is 309 Å². The Morgan fingerprint density at radius 1 is 0.537 bits per heavy atom. The normalized spacial score (nSPS) is 39.9. The molecule has 15 atom stereocenters. The molecule has 11 rings (SSSR count). The van der Waals surface area contributed by atoms with Crippen molar-refractivity contribution in [3.8, 4) is 0 Å². The molecule has 3 aromatic rings. The molecule has 2 aliphatic heterocycles. The number of hydrogen-bond acceptors (Lipinski definition) is 10. The van der Waals surface area contributed by atoms with Crippen LogP contribution in [0.5, 0.6) is 0 Å². The van der Waals surface area contributed by atoms with Gasteiger partial charge >= 0.3 is 0 Å². The van der Waals surface area contributed by atoms with Crippen LogP contribution in [0.1, 0.15) is 77.0 Å². The first kappa shape index (κ1) is 33.1. The second-order valence-electron chi connectivity index (χ2n) is 16.7. The Morgan fingerprint density at radius 2 is 1.15 bits per heavy atom. The van der Waals surface area contributed by atoms with E-state index in [9.17, 15) is 40.9 Å². The summed E-state index contributed by atoms with van der Waals surface area (Å²) in [4.78, 5) is 17.3. The Hall–Kier alpha value is -4.24. The first-order chi connectivity index (χ1) is 26.0. The first-order valence-electron chi connectivity index (χ1n) is 19.0. The Kier molecular flexibility index (Phi) is 7.00. The van der Waals surface area contributed by atoms with E-state index < -0.39 is 60.7 Å². The van der Waals surface area contributed by atoms with Crippen LogP contribution >= 0.6 is 0 Å². The van der Waals surface area contributed by atoms with Crippen LogP contribution in [0.25, 0.3) is 44.9 Å². The Morgan fingerprint density at radius 3 is 1.83 bits per heavy atom. The van der Waals surface area contributed by atoms with Gasteiger partial charge in [0.25, 0.3) is 0 Å². The van der Waals surface area contributed by atoms with E-state index in [1.54, 1.807) is 12.2 Å². The van der Waals surface area contributed by atoms with Crippen LogP contribution in [0, 0.1) is 23.7 Å². The summed E-state index contributed by atoms with van der Waals surface area (Å²) < 4.78 is 0. The van der Waals surface area contributed by atoms with Crippen LogP contribution < -0.4 is 0 Å². The van der Waals surface area contributed by atoms with Gasteiger partial charge in [0.1, 0.15) is 0 Å². The van der Waals surface area contributed by atoms with E-state index in [4.69, 9.17) is 9.97 Å². The number of hydrogen-bond donors (Lipinski definition) is 10. The Bertz CT molecular complexity index is 2440. The molecule has 0 saturated heterocycles. The largest absolute Gasteiger partial charge is 0.390 e. The van der Waals surface area contributed by atoms with E-state index in [-0.39, 0.29) is 29.6 Å². The smallest absolute Gasteiger partial charge is 0.0989 e. The number of aliphatic hydroxyl groups excluding tert-OH is 8. The maximum absolute atomic E-state index is 11.4. The van der Waals surface area contributed by atoms with Crippen molar-refractivity contribution in [1.82, 2.24) is 19.9 Å². The van der Waals surface area contributed by atoms with Gasteiger partial charge in [-0.05, 0) is 82.7 Å². The molecule has 15 unspecified atom stereocenters. The van der Waals surface area contributed by atoms with Crippen molar-refractivity contribution in [2.45, 2.75) is 86.4 Å². The average molecular weight is 731 g/mol. The van der Waals surface area contributed by atoms with Gasteiger partial charge in [0.15, 0.2) is 0 Å². The van der Waals surface area contributed by atoms with E-state index in [0.717, 1.165) is 38.9 Å². The minimum atomic E-state index is -1.08. The van der Waals surface area contributed by atoms with E-state index in [1.807, 2.05) is 55.5 Å². The molecule has 12 bridgehead atoms. The summed E-state index contributed by atoms with van der Waals surface area (Å²) in [5, 5.41) is 88.2. The van der Waals surface area contributed by atoms with Gasteiger partial charge in [-0.3, -0.25) is 0 Å². The number of aromatic amines is 2. The molecule has 8 aliphatic rings. The lowest BCUT2D eigenvalue weighted by molar-refractivity contribution is -0.0146. The third-order valence-corrected chi connectivity index (χ3v) is 13.8. The molecule has 6 aliphatic carbocycles. The predicted molar refractivity (Wildman–Crippen MR) is 199 cm³/mol. The predicted octanol–water partition coefficient (Wildman–Crippen LogP) is 2.36. The van der Waals surface area contributed by atoms with Gasteiger partial charge in [-0.2, -0.15) is 0 Å². The number of nitrogens with one attached hydrogen (secondary N) is 2. The average Bonchev–Trinajstić information content (AvgIpc) is 4.02. The summed E-state index contributed by atoms with van der Waals surface area (Å²) in [6.45, 7) is 1.86. The van der Waals surface area contributed by atoms with Crippen LogP contribution in [-0.4, -0.2) is 110 Å². The molecule has 3 aromatic heterocycles. The lowest BCUT2D eigenvalue weighted by Crippen LogP contribution is -2.38. The van der Waals surface area contributed by atoms with Gasteiger partial charge in [-0.15, -0.1) is 0 Å². The highest BCUT2D eigenvalue weighted by Crippen LogP contribution is 2.59. The molecule has 54 heavy (non-hydrogen) atoms. The van der Waals surface area contributed by atoms with Gasteiger partial charge in [0.05, 0.1) is 71.6 Å². The third-order valence-electron chi connectivity index (χ3n) is 13.8. The molecule has 10 N–H and O–H groups in total. The maximum Gasteiger partial charge on any atom is 0.0989 e. The van der Waals surface area contributed by atoms with E-state index in [1.165, 1.54) is 0 Å². The number of aliphatic hydroxyl groups is 8. The molecular weight excluding hydrogens is 688 g/mol. The van der Waals surface area contributed by atoms with Gasteiger partial charge in [0, 0.05) is 63.5 Å². The van der Waals surface area contributed by atoms with Gasteiger partial charge in [-0.25, -0.2) is 9.97 Å². The van der Waals surface area contributed by atoms with Crippen molar-refractivity contribution in [2.75, 3.05) is 0 Å². The fourth-order valence-electron chi connectivity index (χ4n) is 11.1. The molecular formula is C42H42N4O8. The molecule has 0 amide bonds. The molecule has 12 nitrogen and oxygen atoms in total. The highest BCUT2D eigenvalue weighted by atomic mass is 16.3. The minimum absolute atomic E-state index is 0.232. The van der Waals surface area contributed by atoms with Crippen LogP contribution in [-0.2, 0) is 0 Å². The zero-order chi connectivity index (χ0) is 37.1. The quantitative estimate of drug-likeness (QED) is 0.174. The summed E-state index contributed by atoms with van der Waals surface area (Å²) in [7, 11) is 0. The van der Waals surface area contributed by atoms with Crippen LogP contribution in [0.2, 0.25) is 0 Å². The molecule has 12 heteroatoms. The zero-order valence-corrected chi connectivity index (χ0v) is 29.3. The van der Waals surface area contributed by atoms with E-state index in [2.05, 4.69) is 9.97 Å². The van der Waals surface area contributed by atoms with E-state index >= 15 is 0 Å². The molecule has 0 radical (unpaired) electrons. The van der Waals surface area contributed by atoms with Crippen molar-refractivity contribution in [1.29, 1.82) is 0 Å². The van der Waals surface area contributed by atoms with Crippen LogP contribution in [0.15, 0.2) is 54.6 Å². The molecule has 2 saturated carbocycles. The van der Waals surface area contributed by atoms with Gasteiger partial charge < -0.3 is 50.8 Å². The van der Waals surface area contributed by atoms with Crippen molar-refractivity contribution in [2.24, 2.45) is 23.7 Å². The highest BCUT2D eigenvalue weighted by Gasteiger charge is 2.55. The van der Waals surface area contributed by atoms with Gasteiger partial charge in [-0.1, -0.05) is 31.2 Å². The standard InChI is InChI=1S/C42H42N4O8/c1-14-2-3-18(38(50)36(14)48)20-7-16-9-28-33-22-11-24(42(54)40(22)52)35(33)30(46-28)13-29-34-23-10-21(39(51)41(23)53)32(34)27(45-29)8-15-6-19(17-4-5-31(47)37(17)49)25(43-15)12-26(20)44-16/h2-9,12-14,17-18,21-24,31,36-42,44-45,47-54H,10-11H2,1H3. The Balaban J connectivity index is 1.22. The second-order valence-corrected chi connectivity index (χ2v) is 16.7. The second kappa shape index (κ2) is 11.4. The first-order valence-corrected chi connectivity index (χ1v) is 19.0. The summed E-state index contributed by atoms with van der Waals surface area (Å²) >= 11 is 0. The lowest BCUT2D eigenvalue weighted by atomic mass is 9.81. The number of aromatic nitrogens is 4. The topological polar surface area (TPSA) is 219 Å². The molecule has 0 spiro atoms.